The van der Waals surface area contributed by atoms with Crippen LogP contribution in [0.25, 0.3) is 0 Å². The van der Waals surface area contributed by atoms with Crippen LogP contribution in [0, 0.1) is 5.95 Å². The van der Waals surface area contributed by atoms with Gasteiger partial charge >= 0.3 is 5.97 Å². The SMILES string of the molecule is O=C(Oc1ccccc1)c1ccc(F)nc1. The molecule has 0 radical (unpaired) electrons. The fraction of sp³-hybridized carbons (Fsp3) is 0. The average molecular weight is 217 g/mol. The number of aromatic nitrogens is 1. The van der Waals surface area contributed by atoms with Gasteiger partial charge < -0.3 is 4.74 Å². The summed E-state index contributed by atoms with van der Waals surface area (Å²) in [5.74, 6) is -0.744. The third-order valence-corrected chi connectivity index (χ3v) is 1.92. The van der Waals surface area contributed by atoms with Gasteiger partial charge in [-0.05, 0) is 24.3 Å². The van der Waals surface area contributed by atoms with E-state index in [1.165, 1.54) is 6.07 Å². The van der Waals surface area contributed by atoms with Crippen molar-refractivity contribution in [1.82, 2.24) is 4.98 Å². The average Bonchev–Trinajstić information content (AvgIpc) is 2.31. The van der Waals surface area contributed by atoms with Crippen molar-refractivity contribution < 1.29 is 13.9 Å². The number of hydrogen-bond acceptors (Lipinski definition) is 3. The molecule has 0 amide bonds. The number of nitrogens with zero attached hydrogens (tertiary/aromatic N) is 1. The molecule has 0 bridgehead atoms. The lowest BCUT2D eigenvalue weighted by Crippen LogP contribution is -2.08. The van der Waals surface area contributed by atoms with E-state index in [1.807, 2.05) is 6.07 Å². The van der Waals surface area contributed by atoms with Gasteiger partial charge in [-0.2, -0.15) is 4.39 Å². The number of pyridine rings is 1. The van der Waals surface area contributed by atoms with Crippen LogP contribution in [0.4, 0.5) is 4.39 Å². The topological polar surface area (TPSA) is 39.2 Å². The van der Waals surface area contributed by atoms with Crippen LogP contribution in [-0.4, -0.2) is 11.0 Å². The number of halogens is 1. The van der Waals surface area contributed by atoms with Crippen molar-refractivity contribution in [3.63, 3.8) is 0 Å². The summed E-state index contributed by atoms with van der Waals surface area (Å²) < 4.78 is 17.6. The molecule has 80 valence electrons. The lowest BCUT2D eigenvalue weighted by Gasteiger charge is -2.02. The molecule has 0 unspecified atom stereocenters. The Hall–Kier alpha value is -2.23. The summed E-state index contributed by atoms with van der Waals surface area (Å²) in [7, 11) is 0. The van der Waals surface area contributed by atoms with Crippen LogP contribution in [0.1, 0.15) is 10.4 Å². The first kappa shape index (κ1) is 10.3. The van der Waals surface area contributed by atoms with E-state index in [-0.39, 0.29) is 5.56 Å². The summed E-state index contributed by atoms with van der Waals surface area (Å²) in [6.07, 6.45) is 1.14. The van der Waals surface area contributed by atoms with Crippen molar-refractivity contribution in [3.05, 3.63) is 60.2 Å². The van der Waals surface area contributed by atoms with Crippen LogP contribution < -0.4 is 4.74 Å². The van der Waals surface area contributed by atoms with Crippen molar-refractivity contribution in [2.75, 3.05) is 0 Å². The molecule has 0 aliphatic heterocycles. The number of carbonyl (C=O) groups is 1. The second-order valence-electron chi connectivity index (χ2n) is 3.07. The van der Waals surface area contributed by atoms with E-state index in [1.54, 1.807) is 24.3 Å². The number of benzene rings is 1. The van der Waals surface area contributed by atoms with E-state index in [0.717, 1.165) is 12.3 Å². The monoisotopic (exact) mass is 217 g/mol. The van der Waals surface area contributed by atoms with Gasteiger partial charge in [-0.3, -0.25) is 0 Å². The first-order valence-corrected chi connectivity index (χ1v) is 4.64. The Labute approximate surface area is 91.5 Å². The van der Waals surface area contributed by atoms with Crippen LogP contribution in [-0.2, 0) is 0 Å². The van der Waals surface area contributed by atoms with Crippen LogP contribution in [0.2, 0.25) is 0 Å². The molecule has 3 nitrogen and oxygen atoms in total. The third kappa shape index (κ3) is 2.42. The Balaban J connectivity index is 2.12. The molecule has 0 atom stereocenters. The fourth-order valence-electron chi connectivity index (χ4n) is 1.15. The predicted octanol–water partition coefficient (Wildman–Crippen LogP) is 2.44. The minimum Gasteiger partial charge on any atom is -0.423 e. The number of esters is 1. The summed E-state index contributed by atoms with van der Waals surface area (Å²) >= 11 is 0. The van der Waals surface area contributed by atoms with E-state index < -0.39 is 11.9 Å². The predicted molar refractivity (Wildman–Crippen MR) is 55.6 cm³/mol. The lowest BCUT2D eigenvalue weighted by molar-refractivity contribution is 0.0734. The Kier molecular flexibility index (Phi) is 2.91. The molecule has 2 rings (SSSR count). The smallest absolute Gasteiger partial charge is 0.345 e. The number of rotatable bonds is 2. The largest absolute Gasteiger partial charge is 0.423 e. The maximum Gasteiger partial charge on any atom is 0.345 e. The maximum atomic E-state index is 12.5. The number of ether oxygens (including phenoxy) is 1. The highest BCUT2D eigenvalue weighted by molar-refractivity contribution is 5.90. The summed E-state index contributed by atoms with van der Waals surface area (Å²) in [5, 5.41) is 0. The molecule has 0 aliphatic rings. The third-order valence-electron chi connectivity index (χ3n) is 1.92. The molecule has 4 heteroatoms. The minimum absolute atomic E-state index is 0.213. The van der Waals surface area contributed by atoms with E-state index in [0.29, 0.717) is 5.75 Å². The maximum absolute atomic E-state index is 12.5. The van der Waals surface area contributed by atoms with Gasteiger partial charge in [-0.15, -0.1) is 0 Å². The Morgan fingerprint density at radius 1 is 1.12 bits per heavy atom. The van der Waals surface area contributed by atoms with Crippen molar-refractivity contribution >= 4 is 5.97 Å². The highest BCUT2D eigenvalue weighted by Gasteiger charge is 2.08. The Morgan fingerprint density at radius 2 is 1.88 bits per heavy atom. The van der Waals surface area contributed by atoms with Gasteiger partial charge in [-0.25, -0.2) is 9.78 Å². The van der Waals surface area contributed by atoms with E-state index in [2.05, 4.69) is 4.98 Å². The summed E-state index contributed by atoms with van der Waals surface area (Å²) in [6.45, 7) is 0. The van der Waals surface area contributed by atoms with Gasteiger partial charge in [0.25, 0.3) is 0 Å². The van der Waals surface area contributed by atoms with E-state index in [9.17, 15) is 9.18 Å². The van der Waals surface area contributed by atoms with Gasteiger partial charge in [0.2, 0.25) is 5.95 Å². The minimum atomic E-state index is -0.628. The molecule has 0 fully saturated rings. The molecule has 1 aromatic carbocycles. The molecule has 0 spiro atoms. The highest BCUT2D eigenvalue weighted by Crippen LogP contribution is 2.11. The Bertz CT molecular complexity index is 482. The van der Waals surface area contributed by atoms with Crippen molar-refractivity contribution in [2.45, 2.75) is 0 Å². The number of para-hydroxylation sites is 1. The second-order valence-corrected chi connectivity index (χ2v) is 3.07. The molecular weight excluding hydrogens is 209 g/mol. The highest BCUT2D eigenvalue weighted by atomic mass is 19.1. The molecule has 0 N–H and O–H groups in total. The van der Waals surface area contributed by atoms with Crippen molar-refractivity contribution in [2.24, 2.45) is 0 Å². The van der Waals surface area contributed by atoms with Gasteiger partial charge in [0.05, 0.1) is 5.56 Å². The molecule has 0 saturated carbocycles. The number of carbonyl (C=O) groups excluding carboxylic acids is 1. The van der Waals surface area contributed by atoms with Crippen LogP contribution >= 0.6 is 0 Å². The van der Waals surface area contributed by atoms with Gasteiger partial charge in [0.1, 0.15) is 5.75 Å². The molecule has 0 aliphatic carbocycles. The molecule has 2 aromatic rings. The summed E-state index contributed by atoms with van der Waals surface area (Å²) in [6, 6.07) is 11.1. The van der Waals surface area contributed by atoms with Gasteiger partial charge in [0.15, 0.2) is 0 Å². The van der Waals surface area contributed by atoms with Crippen LogP contribution in [0.5, 0.6) is 5.75 Å². The van der Waals surface area contributed by atoms with Crippen LogP contribution in [0.3, 0.4) is 0 Å². The Morgan fingerprint density at radius 3 is 2.50 bits per heavy atom. The molecule has 1 aromatic heterocycles. The van der Waals surface area contributed by atoms with Crippen LogP contribution in [0.15, 0.2) is 48.7 Å². The molecule has 16 heavy (non-hydrogen) atoms. The first-order valence-electron chi connectivity index (χ1n) is 4.64. The second kappa shape index (κ2) is 4.53. The van der Waals surface area contributed by atoms with Gasteiger partial charge in [0, 0.05) is 6.20 Å². The van der Waals surface area contributed by atoms with Crippen molar-refractivity contribution in [3.8, 4) is 5.75 Å². The molecular formula is C12H8FNO2. The lowest BCUT2D eigenvalue weighted by atomic mass is 10.3. The zero-order valence-corrected chi connectivity index (χ0v) is 8.26. The number of hydrogen-bond donors (Lipinski definition) is 0. The standard InChI is InChI=1S/C12H8FNO2/c13-11-7-6-9(8-14-11)12(15)16-10-4-2-1-3-5-10/h1-8H. The summed E-state index contributed by atoms with van der Waals surface area (Å²) in [4.78, 5) is 14.9. The zero-order chi connectivity index (χ0) is 11.4. The zero-order valence-electron chi connectivity index (χ0n) is 8.26. The van der Waals surface area contributed by atoms with Crippen molar-refractivity contribution in [1.29, 1.82) is 0 Å². The normalized spacial score (nSPS) is 9.81. The van der Waals surface area contributed by atoms with E-state index in [4.69, 9.17) is 4.74 Å². The summed E-state index contributed by atoms with van der Waals surface area (Å²) in [5.41, 5.74) is 0.213. The first-order chi connectivity index (χ1) is 7.75. The van der Waals surface area contributed by atoms with Gasteiger partial charge in [-0.1, -0.05) is 18.2 Å². The quantitative estimate of drug-likeness (QED) is 0.440. The molecule has 0 saturated heterocycles. The molecule has 1 heterocycles. The van der Waals surface area contributed by atoms with E-state index >= 15 is 0 Å². The fourth-order valence-corrected chi connectivity index (χ4v) is 1.15.